The zero-order valence-electron chi connectivity index (χ0n) is 13.6. The normalized spacial score (nSPS) is 12.2. The summed E-state index contributed by atoms with van der Waals surface area (Å²) in [6, 6.07) is 25.7. The van der Waals surface area contributed by atoms with Crippen molar-refractivity contribution in [3.05, 3.63) is 78.9 Å². The van der Waals surface area contributed by atoms with Crippen LogP contribution < -0.4 is 4.18 Å². The van der Waals surface area contributed by atoms with Crippen molar-refractivity contribution < 1.29 is 12.8 Å². The van der Waals surface area contributed by atoms with Gasteiger partial charge in [0.05, 0.1) is 0 Å². The fraction of sp³-hybridized carbons (Fsp3) is 0.0476. The van der Waals surface area contributed by atoms with Gasteiger partial charge in [-0.1, -0.05) is 48.5 Å². The highest BCUT2D eigenvalue weighted by molar-refractivity contribution is 7.79. The third-order valence-corrected chi connectivity index (χ3v) is 4.42. The lowest BCUT2D eigenvalue weighted by Gasteiger charge is -2.05. The first kappa shape index (κ1) is 15.7. The lowest BCUT2D eigenvalue weighted by molar-refractivity contribution is 0.568. The van der Waals surface area contributed by atoms with Gasteiger partial charge in [-0.3, -0.25) is 0 Å². The van der Waals surface area contributed by atoms with Gasteiger partial charge in [-0.2, -0.15) is 0 Å². The van der Waals surface area contributed by atoms with Crippen LogP contribution >= 0.6 is 0 Å². The molecule has 1 atom stereocenters. The summed E-state index contributed by atoms with van der Waals surface area (Å²) in [5.74, 6) is 1.39. The van der Waals surface area contributed by atoms with Gasteiger partial charge >= 0.3 is 0 Å². The van der Waals surface area contributed by atoms with Crippen molar-refractivity contribution in [1.82, 2.24) is 0 Å². The van der Waals surface area contributed by atoms with Crippen LogP contribution in [0.3, 0.4) is 0 Å². The van der Waals surface area contributed by atoms with Crippen LogP contribution in [0, 0.1) is 0 Å². The number of fused-ring (bicyclic) bond motifs is 1. The van der Waals surface area contributed by atoms with Crippen molar-refractivity contribution in [2.24, 2.45) is 0 Å². The SMILES string of the molecule is CS(=O)Oc1ccc(-c2oc3ccccc3c2-c2ccccc2)cc1. The molecule has 1 heterocycles. The van der Waals surface area contributed by atoms with E-state index in [0.29, 0.717) is 5.75 Å². The van der Waals surface area contributed by atoms with Crippen molar-refractivity contribution in [1.29, 1.82) is 0 Å². The summed E-state index contributed by atoms with van der Waals surface area (Å²) >= 11 is -1.34. The van der Waals surface area contributed by atoms with Crippen molar-refractivity contribution in [2.75, 3.05) is 6.26 Å². The van der Waals surface area contributed by atoms with Crippen LogP contribution in [0.5, 0.6) is 5.75 Å². The minimum absolute atomic E-state index is 0.571. The highest BCUT2D eigenvalue weighted by Gasteiger charge is 2.17. The molecule has 0 amide bonds. The standard InChI is InChI=1S/C21H16O3S/c1-25(22)24-17-13-11-16(12-14-17)21-20(15-7-3-2-4-8-15)18-9-5-6-10-19(18)23-21/h2-14H,1H3. The van der Waals surface area contributed by atoms with E-state index in [1.54, 1.807) is 12.1 Å². The van der Waals surface area contributed by atoms with Gasteiger partial charge in [0.15, 0.2) is 0 Å². The van der Waals surface area contributed by atoms with Gasteiger partial charge in [0.25, 0.3) is 0 Å². The highest BCUT2D eigenvalue weighted by Crippen LogP contribution is 2.40. The molecule has 3 nitrogen and oxygen atoms in total. The molecule has 0 aliphatic heterocycles. The monoisotopic (exact) mass is 348 g/mol. The van der Waals surface area contributed by atoms with Crippen LogP contribution in [-0.2, 0) is 11.1 Å². The van der Waals surface area contributed by atoms with Crippen LogP contribution in [0.2, 0.25) is 0 Å². The lowest BCUT2D eigenvalue weighted by Crippen LogP contribution is -1.96. The van der Waals surface area contributed by atoms with Crippen molar-refractivity contribution in [3.8, 4) is 28.2 Å². The highest BCUT2D eigenvalue weighted by atomic mass is 32.2. The van der Waals surface area contributed by atoms with Gasteiger partial charge in [0, 0.05) is 22.8 Å². The molecule has 0 bridgehead atoms. The smallest absolute Gasteiger partial charge is 0.203 e. The van der Waals surface area contributed by atoms with Crippen LogP contribution in [0.15, 0.2) is 83.3 Å². The van der Waals surface area contributed by atoms with E-state index in [9.17, 15) is 4.21 Å². The summed E-state index contributed by atoms with van der Waals surface area (Å²) in [7, 11) is 0. The number of rotatable bonds is 4. The summed E-state index contributed by atoms with van der Waals surface area (Å²) in [5.41, 5.74) is 3.98. The van der Waals surface area contributed by atoms with Crippen molar-refractivity contribution in [3.63, 3.8) is 0 Å². The molecule has 4 aromatic rings. The summed E-state index contributed by atoms with van der Waals surface area (Å²) in [5, 5.41) is 1.08. The van der Waals surface area contributed by atoms with E-state index in [0.717, 1.165) is 33.4 Å². The average molecular weight is 348 g/mol. The first-order valence-corrected chi connectivity index (χ1v) is 9.40. The minimum atomic E-state index is -1.34. The zero-order valence-corrected chi connectivity index (χ0v) is 14.5. The van der Waals surface area contributed by atoms with Crippen molar-refractivity contribution >= 4 is 22.0 Å². The quantitative estimate of drug-likeness (QED) is 0.493. The number of hydrogen-bond donors (Lipinski definition) is 0. The third kappa shape index (κ3) is 3.08. The van der Waals surface area contributed by atoms with E-state index in [1.807, 2.05) is 48.5 Å². The second-order valence-electron chi connectivity index (χ2n) is 5.68. The van der Waals surface area contributed by atoms with E-state index in [2.05, 4.69) is 18.2 Å². The number of furan rings is 1. The molecule has 4 heteroatoms. The van der Waals surface area contributed by atoms with Crippen LogP contribution in [0.1, 0.15) is 0 Å². The molecule has 25 heavy (non-hydrogen) atoms. The molecule has 0 saturated carbocycles. The minimum Gasteiger partial charge on any atom is -0.455 e. The Labute approximate surface area is 148 Å². The van der Waals surface area contributed by atoms with Crippen LogP contribution in [0.4, 0.5) is 0 Å². The Morgan fingerprint density at radius 3 is 2.20 bits per heavy atom. The first-order chi connectivity index (χ1) is 12.2. The van der Waals surface area contributed by atoms with Crippen LogP contribution in [0.25, 0.3) is 33.4 Å². The zero-order chi connectivity index (χ0) is 17.2. The van der Waals surface area contributed by atoms with E-state index in [4.69, 9.17) is 8.60 Å². The summed E-state index contributed by atoms with van der Waals surface area (Å²) in [6.45, 7) is 0. The predicted octanol–water partition coefficient (Wildman–Crippen LogP) is 5.44. The molecule has 3 aromatic carbocycles. The topological polar surface area (TPSA) is 39.4 Å². The molecule has 124 valence electrons. The molecule has 0 radical (unpaired) electrons. The molecule has 0 aliphatic carbocycles. The van der Waals surface area contributed by atoms with Crippen molar-refractivity contribution in [2.45, 2.75) is 0 Å². The Hall–Kier alpha value is -2.85. The molecule has 0 saturated heterocycles. The molecule has 1 aromatic heterocycles. The van der Waals surface area contributed by atoms with E-state index in [-0.39, 0.29) is 0 Å². The average Bonchev–Trinajstić information content (AvgIpc) is 3.02. The maximum Gasteiger partial charge on any atom is 0.203 e. The van der Waals surface area contributed by atoms with Crippen LogP contribution in [-0.4, -0.2) is 10.5 Å². The molecular formula is C21H16O3S. The Kier molecular flexibility index (Phi) is 4.12. The first-order valence-electron chi connectivity index (χ1n) is 7.91. The van der Waals surface area contributed by atoms with E-state index in [1.165, 1.54) is 6.26 Å². The second-order valence-corrected chi connectivity index (χ2v) is 6.65. The summed E-state index contributed by atoms with van der Waals surface area (Å²) < 4.78 is 22.6. The second kappa shape index (κ2) is 6.57. The number of para-hydroxylation sites is 1. The lowest BCUT2D eigenvalue weighted by atomic mass is 9.99. The maximum absolute atomic E-state index is 11.2. The van der Waals surface area contributed by atoms with E-state index < -0.39 is 11.1 Å². The third-order valence-electron chi connectivity index (χ3n) is 3.99. The maximum atomic E-state index is 11.2. The fourth-order valence-corrected chi connectivity index (χ4v) is 3.32. The van der Waals surface area contributed by atoms with Gasteiger partial charge in [0.2, 0.25) is 11.1 Å². The Balaban J connectivity index is 1.88. The number of benzene rings is 3. The van der Waals surface area contributed by atoms with Gasteiger partial charge < -0.3 is 8.60 Å². The Morgan fingerprint density at radius 2 is 1.48 bits per heavy atom. The predicted molar refractivity (Wildman–Crippen MR) is 102 cm³/mol. The summed E-state index contributed by atoms with van der Waals surface area (Å²) in [4.78, 5) is 0. The Morgan fingerprint density at radius 1 is 0.800 bits per heavy atom. The molecule has 0 spiro atoms. The number of hydrogen-bond acceptors (Lipinski definition) is 3. The van der Waals surface area contributed by atoms with E-state index >= 15 is 0 Å². The molecule has 0 aliphatic rings. The largest absolute Gasteiger partial charge is 0.455 e. The van der Waals surface area contributed by atoms with Gasteiger partial charge in [-0.05, 0) is 35.9 Å². The molecule has 0 N–H and O–H groups in total. The molecular weight excluding hydrogens is 332 g/mol. The van der Waals surface area contributed by atoms with Gasteiger partial charge in [0.1, 0.15) is 17.1 Å². The molecule has 1 unspecified atom stereocenters. The fourth-order valence-electron chi connectivity index (χ4n) is 2.94. The molecule has 4 rings (SSSR count). The van der Waals surface area contributed by atoms with Gasteiger partial charge in [-0.15, -0.1) is 0 Å². The Bertz CT molecular complexity index is 1030. The van der Waals surface area contributed by atoms with Gasteiger partial charge in [-0.25, -0.2) is 4.21 Å². The summed E-state index contributed by atoms with van der Waals surface area (Å²) in [6.07, 6.45) is 1.50. The molecule has 0 fully saturated rings.